The van der Waals surface area contributed by atoms with Crippen LogP contribution in [0.3, 0.4) is 0 Å². The van der Waals surface area contributed by atoms with Crippen LogP contribution in [0.4, 0.5) is 4.79 Å². The average molecular weight is 479 g/mol. The van der Waals surface area contributed by atoms with Gasteiger partial charge in [-0.1, -0.05) is 36.4 Å². The van der Waals surface area contributed by atoms with Crippen molar-refractivity contribution in [2.75, 3.05) is 18.8 Å². The number of nitrogens with one attached hydrogen (secondary N) is 1. The number of carbonyl (C=O) groups is 1. The van der Waals surface area contributed by atoms with E-state index in [0.29, 0.717) is 31.5 Å². The van der Waals surface area contributed by atoms with Crippen LogP contribution in [0.1, 0.15) is 24.0 Å². The molecule has 0 unspecified atom stereocenters. The average Bonchev–Trinajstić information content (AvgIpc) is 2.75. The molecule has 0 aliphatic carbocycles. The highest BCUT2D eigenvalue weighted by Crippen LogP contribution is 2.23. The molecule has 1 fully saturated rings. The number of hydrogen-bond acceptors (Lipinski definition) is 5. The second-order valence-corrected chi connectivity index (χ2v) is 11.4. The molecular formula is C22H26N2O6S2. The Morgan fingerprint density at radius 3 is 2.34 bits per heavy atom. The lowest BCUT2D eigenvalue weighted by Gasteiger charge is -2.30. The third-order valence-electron chi connectivity index (χ3n) is 5.34. The van der Waals surface area contributed by atoms with E-state index in [0.717, 1.165) is 5.56 Å². The molecule has 1 aliphatic rings. The largest absolute Gasteiger partial charge is 0.465 e. The van der Waals surface area contributed by atoms with Gasteiger partial charge in [0.15, 0.2) is 0 Å². The zero-order valence-corrected chi connectivity index (χ0v) is 19.3. The van der Waals surface area contributed by atoms with Gasteiger partial charge in [0, 0.05) is 19.1 Å². The first-order chi connectivity index (χ1) is 15.1. The van der Waals surface area contributed by atoms with Gasteiger partial charge in [0.1, 0.15) is 0 Å². The number of amides is 1. The lowest BCUT2D eigenvalue weighted by molar-refractivity contribution is 0.131. The number of rotatable bonds is 7. The molecular weight excluding hydrogens is 452 g/mol. The van der Waals surface area contributed by atoms with Crippen LogP contribution < -0.4 is 4.72 Å². The first kappa shape index (κ1) is 24.0. The van der Waals surface area contributed by atoms with E-state index in [4.69, 9.17) is 5.11 Å². The van der Waals surface area contributed by atoms with Gasteiger partial charge in [0.25, 0.3) is 0 Å². The van der Waals surface area contributed by atoms with E-state index in [9.17, 15) is 21.6 Å². The quantitative estimate of drug-likeness (QED) is 0.631. The first-order valence-electron chi connectivity index (χ1n) is 10.1. The van der Waals surface area contributed by atoms with Crippen molar-refractivity contribution in [3.63, 3.8) is 0 Å². The Morgan fingerprint density at radius 2 is 1.72 bits per heavy atom. The standard InChI is InChI=1S/C22H26N2O6S2/c1-17-9-10-21(32(29,30)20-7-3-2-4-8-20)16-18(17)6-5-15-31(27,28)23-19-11-13-24(14-12-19)22(25)26/h2-10,16,19,23H,11-15H2,1H3,(H,25,26). The molecule has 32 heavy (non-hydrogen) atoms. The maximum atomic E-state index is 12.8. The second-order valence-electron chi connectivity index (χ2n) is 7.68. The van der Waals surface area contributed by atoms with E-state index in [-0.39, 0.29) is 21.6 Å². The molecule has 2 N–H and O–H groups in total. The highest BCUT2D eigenvalue weighted by molar-refractivity contribution is 7.91. The molecule has 1 aliphatic heterocycles. The molecule has 1 saturated heterocycles. The first-order valence-corrected chi connectivity index (χ1v) is 13.3. The fourth-order valence-electron chi connectivity index (χ4n) is 3.49. The lowest BCUT2D eigenvalue weighted by Crippen LogP contribution is -2.46. The Labute approximate surface area is 188 Å². The number of hydrogen-bond donors (Lipinski definition) is 2. The molecule has 0 atom stereocenters. The third-order valence-corrected chi connectivity index (χ3v) is 8.43. The molecule has 1 heterocycles. The third kappa shape index (κ3) is 5.96. The zero-order chi connectivity index (χ0) is 23.4. The highest BCUT2D eigenvalue weighted by Gasteiger charge is 2.25. The van der Waals surface area contributed by atoms with Crippen LogP contribution >= 0.6 is 0 Å². The summed E-state index contributed by atoms with van der Waals surface area (Å²) in [7, 11) is -7.28. The van der Waals surface area contributed by atoms with E-state index in [1.165, 1.54) is 35.2 Å². The summed E-state index contributed by atoms with van der Waals surface area (Å²) in [6.07, 6.45) is 2.93. The Balaban J connectivity index is 1.67. The minimum Gasteiger partial charge on any atom is -0.465 e. The Bertz CT molecular complexity index is 1200. The van der Waals surface area contributed by atoms with Crippen molar-refractivity contribution in [3.05, 3.63) is 65.7 Å². The summed E-state index contributed by atoms with van der Waals surface area (Å²) in [5, 5.41) is 8.98. The van der Waals surface area contributed by atoms with Crippen LogP contribution in [0.2, 0.25) is 0 Å². The molecule has 2 aromatic rings. The number of likely N-dealkylation sites (tertiary alicyclic amines) is 1. The Morgan fingerprint density at radius 1 is 1.06 bits per heavy atom. The summed E-state index contributed by atoms with van der Waals surface area (Å²) in [6.45, 7) is 2.40. The molecule has 172 valence electrons. The van der Waals surface area contributed by atoms with E-state index >= 15 is 0 Å². The zero-order valence-electron chi connectivity index (χ0n) is 17.6. The van der Waals surface area contributed by atoms with Gasteiger partial charge in [0.2, 0.25) is 19.9 Å². The number of benzene rings is 2. The van der Waals surface area contributed by atoms with Gasteiger partial charge in [-0.25, -0.2) is 26.4 Å². The molecule has 0 aromatic heterocycles. The van der Waals surface area contributed by atoms with Crippen LogP contribution in [-0.4, -0.2) is 57.8 Å². The van der Waals surface area contributed by atoms with E-state index in [1.54, 1.807) is 30.3 Å². The lowest BCUT2D eigenvalue weighted by atomic mass is 10.1. The van der Waals surface area contributed by atoms with Crippen LogP contribution in [-0.2, 0) is 19.9 Å². The molecule has 0 saturated carbocycles. The van der Waals surface area contributed by atoms with E-state index in [1.807, 2.05) is 6.92 Å². The van der Waals surface area contributed by atoms with Gasteiger partial charge in [-0.3, -0.25) is 0 Å². The summed E-state index contributed by atoms with van der Waals surface area (Å²) in [5.41, 5.74) is 1.44. The fourth-order valence-corrected chi connectivity index (χ4v) is 6.00. The molecule has 0 spiro atoms. The number of carboxylic acid groups (broad SMARTS) is 1. The number of sulfone groups is 1. The highest BCUT2D eigenvalue weighted by atomic mass is 32.2. The molecule has 0 bridgehead atoms. The van der Waals surface area contributed by atoms with E-state index in [2.05, 4.69) is 4.72 Å². The van der Waals surface area contributed by atoms with Crippen molar-refractivity contribution in [2.24, 2.45) is 0 Å². The maximum absolute atomic E-state index is 12.8. The summed E-state index contributed by atoms with van der Waals surface area (Å²) < 4.78 is 53.1. The Hall–Kier alpha value is -2.69. The Kier molecular flexibility index (Phi) is 7.37. The molecule has 0 radical (unpaired) electrons. The minimum atomic E-state index is -3.67. The molecule has 3 rings (SSSR count). The van der Waals surface area contributed by atoms with Gasteiger partial charge in [-0.15, -0.1) is 0 Å². The number of aryl methyl sites for hydroxylation is 1. The number of nitrogens with zero attached hydrogens (tertiary/aromatic N) is 1. The van der Waals surface area contributed by atoms with Gasteiger partial charge in [-0.05, 0) is 55.2 Å². The van der Waals surface area contributed by atoms with Crippen molar-refractivity contribution >= 4 is 32.0 Å². The van der Waals surface area contributed by atoms with Gasteiger partial charge < -0.3 is 10.0 Å². The predicted octanol–water partition coefficient (Wildman–Crippen LogP) is 2.90. The SMILES string of the molecule is Cc1ccc(S(=O)(=O)c2ccccc2)cc1C=CCS(=O)(=O)NC1CCN(C(=O)O)CC1. The van der Waals surface area contributed by atoms with Crippen LogP contribution in [0.5, 0.6) is 0 Å². The van der Waals surface area contributed by atoms with Gasteiger partial charge >= 0.3 is 6.09 Å². The summed E-state index contributed by atoms with van der Waals surface area (Å²) in [6, 6.07) is 12.6. The second kappa shape index (κ2) is 9.85. The van der Waals surface area contributed by atoms with Crippen LogP contribution in [0.25, 0.3) is 6.08 Å². The number of piperidine rings is 1. The van der Waals surface area contributed by atoms with Gasteiger partial charge in [0.05, 0.1) is 15.5 Å². The topological polar surface area (TPSA) is 121 Å². The fraction of sp³-hybridized carbons (Fsp3) is 0.318. The molecule has 2 aromatic carbocycles. The van der Waals surface area contributed by atoms with Crippen LogP contribution in [0, 0.1) is 6.92 Å². The van der Waals surface area contributed by atoms with Crippen molar-refractivity contribution in [1.82, 2.24) is 9.62 Å². The summed E-state index contributed by atoms with van der Waals surface area (Å²) in [5.74, 6) is -0.263. The van der Waals surface area contributed by atoms with Crippen molar-refractivity contribution < 1.29 is 26.7 Å². The summed E-state index contributed by atoms with van der Waals surface area (Å²) in [4.78, 5) is 12.6. The maximum Gasteiger partial charge on any atom is 0.407 e. The predicted molar refractivity (Wildman–Crippen MR) is 122 cm³/mol. The number of sulfonamides is 1. The summed E-state index contributed by atoms with van der Waals surface area (Å²) >= 11 is 0. The van der Waals surface area contributed by atoms with Crippen molar-refractivity contribution in [1.29, 1.82) is 0 Å². The normalized spacial score (nSPS) is 15.8. The monoisotopic (exact) mass is 478 g/mol. The molecule has 1 amide bonds. The molecule has 10 heteroatoms. The van der Waals surface area contributed by atoms with Crippen LogP contribution in [0.15, 0.2) is 64.4 Å². The van der Waals surface area contributed by atoms with Gasteiger partial charge in [-0.2, -0.15) is 0 Å². The van der Waals surface area contributed by atoms with Crippen molar-refractivity contribution in [3.8, 4) is 0 Å². The minimum absolute atomic E-state index is 0.139. The molecule has 8 nitrogen and oxygen atoms in total. The van der Waals surface area contributed by atoms with E-state index < -0.39 is 26.0 Å². The smallest absolute Gasteiger partial charge is 0.407 e. The van der Waals surface area contributed by atoms with Crippen molar-refractivity contribution in [2.45, 2.75) is 35.6 Å².